The summed E-state index contributed by atoms with van der Waals surface area (Å²) in [5.41, 5.74) is 5.19. The van der Waals surface area contributed by atoms with E-state index in [1.165, 1.54) is 0 Å². The summed E-state index contributed by atoms with van der Waals surface area (Å²) >= 11 is 0. The Morgan fingerprint density at radius 3 is 2.56 bits per heavy atom. The van der Waals surface area contributed by atoms with Gasteiger partial charge in [0.25, 0.3) is 0 Å². The number of nitrogens with two attached hydrogens (primary N) is 1. The van der Waals surface area contributed by atoms with Crippen molar-refractivity contribution < 1.29 is 4.79 Å². The van der Waals surface area contributed by atoms with Crippen LogP contribution in [0, 0.1) is 0 Å². The fourth-order valence-electron chi connectivity index (χ4n) is 0.325. The quantitative estimate of drug-likeness (QED) is 0.440. The average Bonchev–Trinajstić information content (AvgIpc) is 1.83. The number of carbonyl (C=O) groups is 1. The molecule has 0 aromatic rings. The molecular weight excluding hydrogens is 116 g/mol. The van der Waals surface area contributed by atoms with Gasteiger partial charge in [0.2, 0.25) is 0 Å². The van der Waals surface area contributed by atoms with Gasteiger partial charge in [-0.05, 0) is 6.92 Å². The van der Waals surface area contributed by atoms with Gasteiger partial charge < -0.3 is 5.73 Å². The number of hydrogen-bond donors (Lipinski definition) is 1. The second-order valence-corrected chi connectivity index (χ2v) is 1.85. The summed E-state index contributed by atoms with van der Waals surface area (Å²) < 4.78 is 0. The third-order valence-corrected chi connectivity index (χ3v) is 0.899. The molecule has 0 aliphatic heterocycles. The van der Waals surface area contributed by atoms with Gasteiger partial charge in [-0.25, -0.2) is 0 Å². The number of rotatable bonds is 3. The van der Waals surface area contributed by atoms with E-state index in [-0.39, 0.29) is 12.3 Å². The molecular formula is C6H12N2O. The van der Waals surface area contributed by atoms with E-state index in [2.05, 4.69) is 4.99 Å². The molecule has 0 aliphatic carbocycles. The average molecular weight is 128 g/mol. The third kappa shape index (κ3) is 5.00. The van der Waals surface area contributed by atoms with Gasteiger partial charge in [0.05, 0.1) is 12.4 Å². The van der Waals surface area contributed by atoms with Crippen LogP contribution in [0.15, 0.2) is 4.99 Å². The molecule has 0 saturated heterocycles. The van der Waals surface area contributed by atoms with Crippen LogP contribution in [-0.4, -0.2) is 18.2 Å². The molecule has 3 heteroatoms. The first-order chi connectivity index (χ1) is 4.16. The van der Waals surface area contributed by atoms with Crippen molar-refractivity contribution >= 4 is 11.6 Å². The predicted molar refractivity (Wildman–Crippen MR) is 37.5 cm³/mol. The molecule has 0 radical (unpaired) electrons. The highest BCUT2D eigenvalue weighted by molar-refractivity contribution is 5.84. The maximum atomic E-state index is 10.6. The Labute approximate surface area is 55.0 Å². The molecule has 0 aliphatic rings. The first-order valence-corrected chi connectivity index (χ1v) is 2.95. The van der Waals surface area contributed by atoms with E-state index in [4.69, 9.17) is 5.73 Å². The van der Waals surface area contributed by atoms with E-state index >= 15 is 0 Å². The number of carbonyl (C=O) groups excluding carboxylic acids is 1. The van der Waals surface area contributed by atoms with Crippen LogP contribution in [0.3, 0.4) is 0 Å². The molecule has 0 unspecified atom stereocenters. The Kier molecular flexibility index (Phi) is 3.67. The highest BCUT2D eigenvalue weighted by Crippen LogP contribution is 1.80. The highest BCUT2D eigenvalue weighted by Gasteiger charge is 1.92. The van der Waals surface area contributed by atoms with Gasteiger partial charge in [0, 0.05) is 6.42 Å². The van der Waals surface area contributed by atoms with Gasteiger partial charge in [-0.1, -0.05) is 6.92 Å². The van der Waals surface area contributed by atoms with E-state index < -0.39 is 0 Å². The molecule has 0 rings (SSSR count). The van der Waals surface area contributed by atoms with E-state index in [1.807, 2.05) is 6.92 Å². The Morgan fingerprint density at radius 2 is 2.22 bits per heavy atom. The summed E-state index contributed by atoms with van der Waals surface area (Å²) in [7, 11) is 0. The van der Waals surface area contributed by atoms with Crippen molar-refractivity contribution in [1.29, 1.82) is 0 Å². The fraction of sp³-hybridized carbons (Fsp3) is 0.667. The van der Waals surface area contributed by atoms with E-state index in [0.29, 0.717) is 12.3 Å². The summed E-state index contributed by atoms with van der Waals surface area (Å²) in [6, 6.07) is 0. The summed E-state index contributed by atoms with van der Waals surface area (Å²) in [6.45, 7) is 3.71. The van der Waals surface area contributed by atoms with Crippen molar-refractivity contribution in [1.82, 2.24) is 0 Å². The normalized spacial score (nSPS) is 11.6. The standard InChI is InChI=1S/C6H12N2O/c1-3-6(9)4-8-5(2)7/h3-4H2,1-2H3,(H2,7,8). The highest BCUT2D eigenvalue weighted by atomic mass is 16.1. The molecule has 2 N–H and O–H groups in total. The topological polar surface area (TPSA) is 55.5 Å². The Balaban J connectivity index is 3.50. The molecule has 0 fully saturated rings. The van der Waals surface area contributed by atoms with Gasteiger partial charge in [0.1, 0.15) is 0 Å². The van der Waals surface area contributed by atoms with Gasteiger partial charge in [0.15, 0.2) is 5.78 Å². The number of Topliss-reactive ketones (excluding diaryl/α,β-unsaturated/α-hetero) is 1. The number of nitrogens with zero attached hydrogens (tertiary/aromatic N) is 1. The summed E-state index contributed by atoms with van der Waals surface area (Å²) in [5.74, 6) is 0.594. The summed E-state index contributed by atoms with van der Waals surface area (Å²) in [5, 5.41) is 0. The Hall–Kier alpha value is -0.860. The van der Waals surface area contributed by atoms with Crippen LogP contribution in [-0.2, 0) is 4.79 Å². The number of hydrogen-bond acceptors (Lipinski definition) is 2. The summed E-state index contributed by atoms with van der Waals surface area (Å²) in [4.78, 5) is 14.3. The van der Waals surface area contributed by atoms with Gasteiger partial charge in [-0.2, -0.15) is 0 Å². The molecule has 0 spiro atoms. The van der Waals surface area contributed by atoms with Gasteiger partial charge in [-0.15, -0.1) is 0 Å². The van der Waals surface area contributed by atoms with Gasteiger partial charge in [-0.3, -0.25) is 9.79 Å². The van der Waals surface area contributed by atoms with Crippen molar-refractivity contribution in [2.24, 2.45) is 10.7 Å². The van der Waals surface area contributed by atoms with Crippen LogP contribution >= 0.6 is 0 Å². The lowest BCUT2D eigenvalue weighted by Crippen LogP contribution is -2.09. The lowest BCUT2D eigenvalue weighted by molar-refractivity contribution is -0.117. The van der Waals surface area contributed by atoms with E-state index in [9.17, 15) is 4.79 Å². The first-order valence-electron chi connectivity index (χ1n) is 2.95. The van der Waals surface area contributed by atoms with Crippen molar-refractivity contribution in [3.05, 3.63) is 0 Å². The minimum atomic E-state index is 0.125. The van der Waals surface area contributed by atoms with E-state index in [0.717, 1.165) is 0 Å². The molecule has 0 atom stereocenters. The largest absolute Gasteiger partial charge is 0.388 e. The monoisotopic (exact) mass is 128 g/mol. The Morgan fingerprint density at radius 1 is 1.67 bits per heavy atom. The maximum absolute atomic E-state index is 10.6. The molecule has 0 aromatic carbocycles. The molecule has 0 heterocycles. The maximum Gasteiger partial charge on any atom is 0.154 e. The molecule has 0 bridgehead atoms. The number of aliphatic imine (C=N–C) groups is 1. The van der Waals surface area contributed by atoms with Crippen molar-refractivity contribution in [3.8, 4) is 0 Å². The van der Waals surface area contributed by atoms with Crippen LogP contribution in [0.4, 0.5) is 0 Å². The van der Waals surface area contributed by atoms with Crippen molar-refractivity contribution in [2.75, 3.05) is 6.54 Å². The number of ketones is 1. The molecule has 3 nitrogen and oxygen atoms in total. The minimum Gasteiger partial charge on any atom is -0.388 e. The van der Waals surface area contributed by atoms with Crippen LogP contribution < -0.4 is 5.73 Å². The SMILES string of the molecule is CCC(=O)CN=C(C)N. The summed E-state index contributed by atoms with van der Waals surface area (Å²) in [6.07, 6.45) is 0.538. The molecule has 52 valence electrons. The second-order valence-electron chi connectivity index (χ2n) is 1.85. The molecule has 0 aromatic heterocycles. The zero-order valence-electron chi connectivity index (χ0n) is 5.85. The molecule has 9 heavy (non-hydrogen) atoms. The Bertz CT molecular complexity index is 125. The molecule has 0 saturated carbocycles. The van der Waals surface area contributed by atoms with Crippen LogP contribution in [0.25, 0.3) is 0 Å². The second kappa shape index (κ2) is 4.06. The lowest BCUT2D eigenvalue weighted by atomic mass is 10.3. The van der Waals surface area contributed by atoms with Crippen molar-refractivity contribution in [3.63, 3.8) is 0 Å². The zero-order valence-corrected chi connectivity index (χ0v) is 5.85. The number of amidine groups is 1. The van der Waals surface area contributed by atoms with Crippen LogP contribution in [0.2, 0.25) is 0 Å². The predicted octanol–water partition coefficient (Wildman–Crippen LogP) is 0.343. The lowest BCUT2D eigenvalue weighted by Gasteiger charge is -1.90. The third-order valence-electron chi connectivity index (χ3n) is 0.899. The molecule has 0 amide bonds. The minimum absolute atomic E-state index is 0.125. The fourth-order valence-corrected chi connectivity index (χ4v) is 0.325. The van der Waals surface area contributed by atoms with Crippen LogP contribution in [0.1, 0.15) is 20.3 Å². The first kappa shape index (κ1) is 8.14. The van der Waals surface area contributed by atoms with E-state index in [1.54, 1.807) is 6.92 Å². The smallest absolute Gasteiger partial charge is 0.154 e. The van der Waals surface area contributed by atoms with Gasteiger partial charge >= 0.3 is 0 Å². The zero-order chi connectivity index (χ0) is 7.28. The van der Waals surface area contributed by atoms with Crippen molar-refractivity contribution in [2.45, 2.75) is 20.3 Å². The van der Waals surface area contributed by atoms with Crippen LogP contribution in [0.5, 0.6) is 0 Å².